The molecule has 1 unspecified atom stereocenters. The molecule has 2 aromatic rings. The van der Waals surface area contributed by atoms with Crippen molar-refractivity contribution in [2.75, 3.05) is 33.2 Å². The summed E-state index contributed by atoms with van der Waals surface area (Å²) in [6, 6.07) is 8.99. The van der Waals surface area contributed by atoms with Gasteiger partial charge in [0.25, 0.3) is 10.0 Å². The Kier molecular flexibility index (Phi) is 4.25. The molecule has 3 rings (SSSR count). The van der Waals surface area contributed by atoms with E-state index in [2.05, 4.69) is 18.9 Å². The van der Waals surface area contributed by atoms with E-state index in [1.807, 2.05) is 18.2 Å². The number of benzene rings is 1. The van der Waals surface area contributed by atoms with Crippen LogP contribution in [0.15, 0.2) is 39.8 Å². The molecule has 0 aliphatic carbocycles. The van der Waals surface area contributed by atoms with E-state index in [1.54, 1.807) is 16.4 Å². The van der Waals surface area contributed by atoms with Crippen molar-refractivity contribution in [1.82, 2.24) is 9.21 Å². The average molecular weight is 322 g/mol. The van der Waals surface area contributed by atoms with Gasteiger partial charge in [-0.05, 0) is 32.0 Å². The quantitative estimate of drug-likeness (QED) is 0.848. The molecule has 1 aromatic heterocycles. The highest BCUT2D eigenvalue weighted by Gasteiger charge is 2.34. The molecule has 0 spiro atoms. The Hall–Kier alpha value is -1.37. The third-order valence-electron chi connectivity index (χ3n) is 4.36. The lowest BCUT2D eigenvalue weighted by molar-refractivity contribution is 0.292. The van der Waals surface area contributed by atoms with Crippen molar-refractivity contribution < 1.29 is 12.8 Å². The van der Waals surface area contributed by atoms with Gasteiger partial charge in [-0.2, -0.15) is 4.31 Å². The summed E-state index contributed by atoms with van der Waals surface area (Å²) < 4.78 is 32.5. The number of nitrogens with zero attached hydrogens (tertiary/aromatic N) is 2. The molecule has 22 heavy (non-hydrogen) atoms. The lowest BCUT2D eigenvalue weighted by atomic mass is 10.1. The molecular formula is C16H22N2O3S. The smallest absolute Gasteiger partial charge is 0.276 e. The molecule has 0 radical (unpaired) electrons. The van der Waals surface area contributed by atoms with Crippen molar-refractivity contribution >= 4 is 21.0 Å². The lowest BCUT2D eigenvalue weighted by Gasteiger charge is -2.19. The zero-order chi connectivity index (χ0) is 15.7. The van der Waals surface area contributed by atoms with Crippen molar-refractivity contribution in [3.8, 4) is 0 Å². The lowest BCUT2D eigenvalue weighted by Crippen LogP contribution is -2.31. The van der Waals surface area contributed by atoms with Gasteiger partial charge in [-0.25, -0.2) is 8.42 Å². The first-order valence-corrected chi connectivity index (χ1v) is 9.12. The van der Waals surface area contributed by atoms with Crippen molar-refractivity contribution in [3.05, 3.63) is 30.3 Å². The fourth-order valence-electron chi connectivity index (χ4n) is 2.95. The van der Waals surface area contributed by atoms with Crippen molar-refractivity contribution in [2.24, 2.45) is 5.92 Å². The molecule has 0 bridgehead atoms. The van der Waals surface area contributed by atoms with Crippen molar-refractivity contribution in [3.63, 3.8) is 0 Å². The van der Waals surface area contributed by atoms with Gasteiger partial charge in [0.15, 0.2) is 0 Å². The Morgan fingerprint density at radius 1 is 1.36 bits per heavy atom. The maximum absolute atomic E-state index is 12.7. The summed E-state index contributed by atoms with van der Waals surface area (Å²) >= 11 is 0. The predicted molar refractivity (Wildman–Crippen MR) is 86.3 cm³/mol. The minimum absolute atomic E-state index is 0.0539. The molecule has 0 N–H and O–H groups in total. The van der Waals surface area contributed by atoms with Crippen LogP contribution in [0.3, 0.4) is 0 Å². The summed E-state index contributed by atoms with van der Waals surface area (Å²) in [6.07, 6.45) is 0.907. The average Bonchev–Trinajstić information content (AvgIpc) is 3.13. The second-order valence-corrected chi connectivity index (χ2v) is 7.84. The Labute approximate surface area is 131 Å². The van der Waals surface area contributed by atoms with Crippen LogP contribution in [0.4, 0.5) is 0 Å². The van der Waals surface area contributed by atoms with Gasteiger partial charge in [-0.3, -0.25) is 0 Å². The highest BCUT2D eigenvalue weighted by atomic mass is 32.2. The molecule has 0 amide bonds. The molecule has 1 aliphatic heterocycles. The fraction of sp³-hybridized carbons (Fsp3) is 0.500. The van der Waals surface area contributed by atoms with Crippen molar-refractivity contribution in [1.29, 1.82) is 0 Å². The number of fused-ring (bicyclic) bond motifs is 1. The topological polar surface area (TPSA) is 53.8 Å². The van der Waals surface area contributed by atoms with Crippen LogP contribution in [-0.2, 0) is 10.0 Å². The van der Waals surface area contributed by atoms with Gasteiger partial charge in [0.2, 0.25) is 5.09 Å². The number of hydrogen-bond donors (Lipinski definition) is 0. The Morgan fingerprint density at radius 3 is 2.86 bits per heavy atom. The number of sulfonamides is 1. The molecule has 0 saturated carbocycles. The SMILES string of the molecule is CCN(C)CC1CCN(S(=O)(=O)c2cc3ccccc3o2)C1. The van der Waals surface area contributed by atoms with Crippen LogP contribution in [0.25, 0.3) is 11.0 Å². The van der Waals surface area contributed by atoms with Crippen LogP contribution >= 0.6 is 0 Å². The summed E-state index contributed by atoms with van der Waals surface area (Å²) in [5.74, 6) is 0.393. The van der Waals surface area contributed by atoms with E-state index in [-0.39, 0.29) is 5.09 Å². The van der Waals surface area contributed by atoms with E-state index in [0.717, 1.165) is 24.9 Å². The van der Waals surface area contributed by atoms with Gasteiger partial charge >= 0.3 is 0 Å². The largest absolute Gasteiger partial charge is 0.443 e. The maximum Gasteiger partial charge on any atom is 0.276 e. The zero-order valence-corrected chi connectivity index (χ0v) is 13.8. The van der Waals surface area contributed by atoms with E-state index < -0.39 is 10.0 Å². The second kappa shape index (κ2) is 6.02. The van der Waals surface area contributed by atoms with Crippen molar-refractivity contribution in [2.45, 2.75) is 18.4 Å². The highest BCUT2D eigenvalue weighted by molar-refractivity contribution is 7.89. The molecule has 1 aromatic carbocycles. The molecule has 5 nitrogen and oxygen atoms in total. The normalized spacial score (nSPS) is 20.2. The monoisotopic (exact) mass is 322 g/mol. The first-order valence-electron chi connectivity index (χ1n) is 7.68. The van der Waals surface area contributed by atoms with Gasteiger partial charge in [0.05, 0.1) is 0 Å². The summed E-state index contributed by atoms with van der Waals surface area (Å²) in [4.78, 5) is 2.22. The molecule has 1 atom stereocenters. The third-order valence-corrected chi connectivity index (χ3v) is 6.08. The number of rotatable bonds is 5. The van der Waals surface area contributed by atoms with Gasteiger partial charge in [-0.1, -0.05) is 25.1 Å². The van der Waals surface area contributed by atoms with Gasteiger partial charge < -0.3 is 9.32 Å². The van der Waals surface area contributed by atoms with Crippen LogP contribution < -0.4 is 0 Å². The maximum atomic E-state index is 12.7. The molecule has 1 fully saturated rings. The zero-order valence-electron chi connectivity index (χ0n) is 13.0. The van der Waals surface area contributed by atoms with E-state index in [0.29, 0.717) is 24.6 Å². The predicted octanol–water partition coefficient (Wildman–Crippen LogP) is 2.40. The van der Waals surface area contributed by atoms with Gasteiger partial charge in [0.1, 0.15) is 5.58 Å². The molecule has 2 heterocycles. The van der Waals surface area contributed by atoms with Crippen LogP contribution in [0, 0.1) is 5.92 Å². The van der Waals surface area contributed by atoms with E-state index in [4.69, 9.17) is 4.42 Å². The molecular weight excluding hydrogens is 300 g/mol. The number of furan rings is 1. The first kappa shape index (κ1) is 15.5. The summed E-state index contributed by atoms with van der Waals surface area (Å²) in [7, 11) is -1.46. The molecule has 1 saturated heterocycles. The van der Waals surface area contributed by atoms with Gasteiger partial charge in [-0.15, -0.1) is 0 Å². The van der Waals surface area contributed by atoms with Crippen LogP contribution in [0.1, 0.15) is 13.3 Å². The Bertz CT molecular complexity index is 721. The van der Waals surface area contributed by atoms with Crippen LogP contribution in [0.2, 0.25) is 0 Å². The fourth-order valence-corrected chi connectivity index (χ4v) is 4.42. The summed E-state index contributed by atoms with van der Waals surface area (Å²) in [6.45, 7) is 5.17. The van der Waals surface area contributed by atoms with Gasteiger partial charge in [0, 0.05) is 31.1 Å². The summed E-state index contributed by atoms with van der Waals surface area (Å²) in [5, 5.41) is 0.876. The molecule has 6 heteroatoms. The Morgan fingerprint density at radius 2 is 2.14 bits per heavy atom. The second-order valence-electron chi connectivity index (χ2n) is 5.98. The molecule has 120 valence electrons. The number of hydrogen-bond acceptors (Lipinski definition) is 4. The van der Waals surface area contributed by atoms with E-state index in [1.165, 1.54) is 0 Å². The standard InChI is InChI=1S/C16H22N2O3S/c1-3-17(2)11-13-8-9-18(12-13)22(19,20)16-10-14-6-4-5-7-15(14)21-16/h4-7,10,13H,3,8-9,11-12H2,1-2H3. The summed E-state index contributed by atoms with van der Waals surface area (Å²) in [5.41, 5.74) is 0.613. The van der Waals surface area contributed by atoms with E-state index in [9.17, 15) is 8.42 Å². The minimum atomic E-state index is -3.53. The molecule has 1 aliphatic rings. The Balaban J connectivity index is 1.79. The minimum Gasteiger partial charge on any atom is -0.443 e. The highest BCUT2D eigenvalue weighted by Crippen LogP contribution is 2.28. The first-order chi connectivity index (χ1) is 10.5. The van der Waals surface area contributed by atoms with Crippen LogP contribution in [0.5, 0.6) is 0 Å². The number of para-hydroxylation sites is 1. The third kappa shape index (κ3) is 2.91. The van der Waals surface area contributed by atoms with E-state index >= 15 is 0 Å². The van der Waals surface area contributed by atoms with Crippen LogP contribution in [-0.4, -0.2) is 50.8 Å².